The van der Waals surface area contributed by atoms with Crippen molar-refractivity contribution in [2.24, 2.45) is 5.41 Å². The van der Waals surface area contributed by atoms with Crippen LogP contribution in [0.4, 0.5) is 0 Å². The van der Waals surface area contributed by atoms with Crippen LogP contribution in [0.25, 0.3) is 0 Å². The Kier molecular flexibility index (Phi) is 6.67. The predicted molar refractivity (Wildman–Crippen MR) is 105 cm³/mol. The summed E-state index contributed by atoms with van der Waals surface area (Å²) in [5, 5.41) is 3.16. The van der Waals surface area contributed by atoms with E-state index < -0.39 is 5.41 Å². The summed E-state index contributed by atoms with van der Waals surface area (Å²) < 4.78 is 5.17. The number of nitrogens with one attached hydrogen (secondary N) is 1. The predicted octanol–water partition coefficient (Wildman–Crippen LogP) is 3.06. The lowest BCUT2D eigenvalue weighted by molar-refractivity contribution is -0.141. The van der Waals surface area contributed by atoms with E-state index in [1.165, 1.54) is 5.56 Å². The Balaban J connectivity index is 1.63. The van der Waals surface area contributed by atoms with Crippen molar-refractivity contribution in [2.75, 3.05) is 26.8 Å². The Labute approximate surface area is 161 Å². The molecule has 0 bridgehead atoms. The molecule has 5 nitrogen and oxygen atoms in total. The number of hydrogen-bond donors (Lipinski definition) is 1. The van der Waals surface area contributed by atoms with Gasteiger partial charge < -0.3 is 15.0 Å². The fourth-order valence-corrected chi connectivity index (χ4v) is 4.26. The third kappa shape index (κ3) is 4.41. The quantitative estimate of drug-likeness (QED) is 0.716. The number of likely N-dealkylation sites (tertiary alicyclic amines) is 1. The van der Waals surface area contributed by atoms with Gasteiger partial charge in [-0.25, -0.2) is 0 Å². The van der Waals surface area contributed by atoms with Gasteiger partial charge in [0.15, 0.2) is 0 Å². The van der Waals surface area contributed by atoms with Crippen molar-refractivity contribution >= 4 is 11.8 Å². The molecule has 0 saturated carbocycles. The second-order valence-electron chi connectivity index (χ2n) is 7.45. The average molecular weight is 370 g/mol. The van der Waals surface area contributed by atoms with Crippen LogP contribution in [0.5, 0.6) is 0 Å². The molecule has 3 rings (SSSR count). The molecule has 1 fully saturated rings. The number of aryl methyl sites for hydroxylation is 1. The Morgan fingerprint density at radius 2 is 2.07 bits per heavy atom. The van der Waals surface area contributed by atoms with Gasteiger partial charge in [-0.3, -0.25) is 9.59 Å². The molecule has 2 amide bonds. The summed E-state index contributed by atoms with van der Waals surface area (Å²) in [5.41, 5.74) is 1.65. The molecule has 1 N–H and O–H groups in total. The topological polar surface area (TPSA) is 58.6 Å². The number of benzene rings is 1. The van der Waals surface area contributed by atoms with Crippen LogP contribution in [0.3, 0.4) is 0 Å². The summed E-state index contributed by atoms with van der Waals surface area (Å²) >= 11 is 0. The number of hydrogen-bond acceptors (Lipinski definition) is 3. The van der Waals surface area contributed by atoms with E-state index in [4.69, 9.17) is 4.74 Å². The minimum absolute atomic E-state index is 0.0800. The third-order valence-corrected chi connectivity index (χ3v) is 5.72. The van der Waals surface area contributed by atoms with Crippen LogP contribution in [-0.2, 0) is 20.7 Å². The molecule has 1 heterocycles. The van der Waals surface area contributed by atoms with Crippen LogP contribution in [0, 0.1) is 5.41 Å². The number of nitrogens with zero attached hydrogens (tertiary/aromatic N) is 1. The zero-order chi connectivity index (χ0) is 19.1. The van der Waals surface area contributed by atoms with Gasteiger partial charge in [0.05, 0.1) is 12.0 Å². The molecule has 1 aliphatic carbocycles. The number of carbonyl (C=O) groups excluding carboxylic acids is 2. The average Bonchev–Trinajstić information content (AvgIpc) is 2.71. The highest BCUT2D eigenvalue weighted by Gasteiger charge is 2.49. The first kappa shape index (κ1) is 19.6. The molecule has 0 spiro atoms. The molecule has 0 radical (unpaired) electrons. The monoisotopic (exact) mass is 370 g/mol. The maximum atomic E-state index is 13.2. The number of rotatable bonds is 8. The van der Waals surface area contributed by atoms with Crippen molar-refractivity contribution in [2.45, 2.75) is 44.9 Å². The Morgan fingerprint density at radius 3 is 2.85 bits per heavy atom. The number of fused-ring (bicyclic) bond motifs is 1. The molecule has 1 aliphatic heterocycles. The number of methoxy groups -OCH3 is 1. The Morgan fingerprint density at radius 1 is 1.26 bits per heavy atom. The normalized spacial score (nSPS) is 22.2. The van der Waals surface area contributed by atoms with Gasteiger partial charge in [0.25, 0.3) is 0 Å². The maximum Gasteiger partial charge on any atom is 0.232 e. The van der Waals surface area contributed by atoms with Crippen molar-refractivity contribution in [3.05, 3.63) is 47.7 Å². The summed E-state index contributed by atoms with van der Waals surface area (Å²) in [6, 6.07) is 10.3. The maximum absolute atomic E-state index is 13.2. The van der Waals surface area contributed by atoms with E-state index in [0.717, 1.165) is 37.8 Å². The van der Waals surface area contributed by atoms with E-state index >= 15 is 0 Å². The second-order valence-corrected chi connectivity index (χ2v) is 7.45. The number of allylic oxidation sites excluding steroid dienone is 1. The lowest BCUT2D eigenvalue weighted by atomic mass is 9.69. The fraction of sp³-hybridized carbons (Fsp3) is 0.545. The van der Waals surface area contributed by atoms with Crippen molar-refractivity contribution in [1.29, 1.82) is 0 Å². The van der Waals surface area contributed by atoms with Gasteiger partial charge >= 0.3 is 0 Å². The first-order chi connectivity index (χ1) is 13.2. The number of piperidine rings is 1. The summed E-state index contributed by atoms with van der Waals surface area (Å²) in [6.45, 7) is 1.66. The van der Waals surface area contributed by atoms with E-state index in [2.05, 4.69) is 23.5 Å². The van der Waals surface area contributed by atoms with Crippen molar-refractivity contribution < 1.29 is 14.3 Å². The molecular weight excluding hydrogens is 340 g/mol. The molecular formula is C22H30N2O3. The molecule has 5 heteroatoms. The number of carbonyl (C=O) groups is 2. The van der Waals surface area contributed by atoms with Crippen LogP contribution < -0.4 is 5.32 Å². The van der Waals surface area contributed by atoms with Crippen molar-refractivity contribution in [3.63, 3.8) is 0 Å². The number of amides is 2. The zero-order valence-corrected chi connectivity index (χ0v) is 16.2. The summed E-state index contributed by atoms with van der Waals surface area (Å²) in [6.07, 6.45) is 7.75. The van der Waals surface area contributed by atoms with E-state index in [0.29, 0.717) is 32.5 Å². The minimum atomic E-state index is -0.549. The molecule has 1 aromatic rings. The summed E-state index contributed by atoms with van der Waals surface area (Å²) in [7, 11) is 1.64. The molecule has 1 aromatic carbocycles. The highest BCUT2D eigenvalue weighted by atomic mass is 16.5. The van der Waals surface area contributed by atoms with Crippen LogP contribution in [-0.4, -0.2) is 43.5 Å². The molecule has 146 valence electrons. The van der Waals surface area contributed by atoms with E-state index in [1.807, 2.05) is 18.2 Å². The zero-order valence-electron chi connectivity index (χ0n) is 16.2. The molecule has 1 saturated heterocycles. The van der Waals surface area contributed by atoms with Gasteiger partial charge in [-0.05, 0) is 44.1 Å². The Hall–Kier alpha value is -2.14. The third-order valence-electron chi connectivity index (χ3n) is 5.72. The van der Waals surface area contributed by atoms with E-state index in [1.54, 1.807) is 12.0 Å². The smallest absolute Gasteiger partial charge is 0.232 e. The van der Waals surface area contributed by atoms with Gasteiger partial charge in [0, 0.05) is 32.3 Å². The largest absolute Gasteiger partial charge is 0.383 e. The first-order valence-electron chi connectivity index (χ1n) is 9.99. The lowest BCUT2D eigenvalue weighted by Crippen LogP contribution is -2.53. The van der Waals surface area contributed by atoms with E-state index in [-0.39, 0.29) is 11.8 Å². The number of ether oxygens (including phenoxy) is 1. The van der Waals surface area contributed by atoms with Crippen molar-refractivity contribution in [3.8, 4) is 0 Å². The molecule has 2 aliphatic rings. The fourth-order valence-electron chi connectivity index (χ4n) is 4.26. The van der Waals surface area contributed by atoms with Crippen LogP contribution >= 0.6 is 0 Å². The summed E-state index contributed by atoms with van der Waals surface area (Å²) in [5.74, 6) is 0.184. The van der Waals surface area contributed by atoms with Gasteiger partial charge in [-0.2, -0.15) is 0 Å². The van der Waals surface area contributed by atoms with E-state index in [9.17, 15) is 9.59 Å². The molecule has 27 heavy (non-hydrogen) atoms. The molecule has 1 unspecified atom stereocenters. The van der Waals surface area contributed by atoms with Crippen LogP contribution in [0.1, 0.15) is 44.1 Å². The first-order valence-corrected chi connectivity index (χ1v) is 9.99. The summed E-state index contributed by atoms with van der Waals surface area (Å²) in [4.78, 5) is 27.4. The highest BCUT2D eigenvalue weighted by Crippen LogP contribution is 2.46. The minimum Gasteiger partial charge on any atom is -0.383 e. The van der Waals surface area contributed by atoms with Gasteiger partial charge in [0.1, 0.15) is 0 Å². The standard InChI is InChI=1S/C22H30N2O3/c1-27-17-16-24-19-11-5-6-13-22(19,14-12-20(24)25)21(26)23-15-7-10-18-8-3-2-4-9-18/h2-4,8-9,11H,5-7,10,12-17H2,1H3,(H,23,26). The van der Waals surface area contributed by atoms with Gasteiger partial charge in [0.2, 0.25) is 11.8 Å². The van der Waals surface area contributed by atoms with Gasteiger partial charge in [-0.15, -0.1) is 0 Å². The van der Waals surface area contributed by atoms with Gasteiger partial charge in [-0.1, -0.05) is 36.4 Å². The second kappa shape index (κ2) is 9.18. The lowest BCUT2D eigenvalue weighted by Gasteiger charge is -2.46. The molecule has 0 aromatic heterocycles. The van der Waals surface area contributed by atoms with Crippen LogP contribution in [0.15, 0.2) is 42.1 Å². The van der Waals surface area contributed by atoms with Crippen molar-refractivity contribution in [1.82, 2.24) is 10.2 Å². The Bertz CT molecular complexity index is 686. The highest BCUT2D eigenvalue weighted by molar-refractivity contribution is 5.91. The SMILES string of the molecule is COCCN1C(=O)CCC2(C(=O)NCCCc3ccccc3)CCCC=C12. The molecule has 1 atom stereocenters. The van der Waals surface area contributed by atoms with Crippen LogP contribution in [0.2, 0.25) is 0 Å².